The van der Waals surface area contributed by atoms with Crippen LogP contribution in [0.2, 0.25) is 0 Å². The highest BCUT2D eigenvalue weighted by Gasteiger charge is 2.14. The molecule has 0 amide bonds. The Hall–Kier alpha value is -2.86. The Morgan fingerprint density at radius 2 is 2.04 bits per heavy atom. The third-order valence-electron chi connectivity index (χ3n) is 4.01. The first-order valence-corrected chi connectivity index (χ1v) is 8.25. The molecule has 1 aromatic carbocycles. The monoisotopic (exact) mass is 336 g/mol. The zero-order chi connectivity index (χ0) is 17.4. The average molecular weight is 336 g/mol. The summed E-state index contributed by atoms with van der Waals surface area (Å²) in [5, 5.41) is 5.58. The summed E-state index contributed by atoms with van der Waals surface area (Å²) < 4.78 is 13.4. The van der Waals surface area contributed by atoms with Crippen LogP contribution in [0.3, 0.4) is 0 Å². The van der Waals surface area contributed by atoms with Crippen molar-refractivity contribution in [3.05, 3.63) is 48.7 Å². The number of imidazole rings is 1. The molecule has 0 radical (unpaired) electrons. The number of benzene rings is 1. The maximum absolute atomic E-state index is 5.98. The van der Waals surface area contributed by atoms with Crippen LogP contribution in [-0.4, -0.2) is 26.7 Å². The van der Waals surface area contributed by atoms with E-state index in [2.05, 4.69) is 10.1 Å². The lowest BCUT2D eigenvalue weighted by Crippen LogP contribution is -2.33. The van der Waals surface area contributed by atoms with Crippen LogP contribution < -0.4 is 10.5 Å². The van der Waals surface area contributed by atoms with Crippen LogP contribution in [-0.2, 0) is 0 Å². The second-order valence-corrected chi connectivity index (χ2v) is 6.82. The summed E-state index contributed by atoms with van der Waals surface area (Å²) in [5.41, 5.74) is 8.08. The quantitative estimate of drug-likeness (QED) is 0.602. The third-order valence-corrected chi connectivity index (χ3v) is 4.01. The number of hydrogen-bond acceptors (Lipinski definition) is 5. The minimum Gasteiger partial charge on any atom is -0.477 e. The van der Waals surface area contributed by atoms with Crippen molar-refractivity contribution >= 4 is 16.6 Å². The van der Waals surface area contributed by atoms with E-state index in [1.807, 2.05) is 56.3 Å². The van der Waals surface area contributed by atoms with Crippen LogP contribution in [0.15, 0.2) is 53.1 Å². The molecule has 128 valence electrons. The Bertz CT molecular complexity index is 994. The number of nitrogens with two attached hydrogens (primary N) is 1. The fraction of sp³-hybridized carbons (Fsp3) is 0.263. The molecule has 0 unspecified atom stereocenters. The second kappa shape index (κ2) is 5.89. The number of furan rings is 1. The van der Waals surface area contributed by atoms with Gasteiger partial charge < -0.3 is 14.9 Å². The van der Waals surface area contributed by atoms with Gasteiger partial charge >= 0.3 is 0 Å². The van der Waals surface area contributed by atoms with Crippen molar-refractivity contribution in [3.63, 3.8) is 0 Å². The molecule has 3 heterocycles. The summed E-state index contributed by atoms with van der Waals surface area (Å²) >= 11 is 0. The van der Waals surface area contributed by atoms with Crippen molar-refractivity contribution in [1.29, 1.82) is 0 Å². The number of nitrogens with zero attached hydrogens (tertiary/aromatic N) is 3. The molecule has 2 N–H and O–H groups in total. The molecular formula is C19H20N4O2. The normalized spacial score (nSPS) is 12.1. The number of hydrogen-bond donors (Lipinski definition) is 1. The molecule has 6 nitrogen and oxygen atoms in total. The first-order valence-electron chi connectivity index (χ1n) is 8.25. The van der Waals surface area contributed by atoms with Gasteiger partial charge in [0.1, 0.15) is 11.3 Å². The lowest BCUT2D eigenvalue weighted by atomic mass is 10.0. The largest absolute Gasteiger partial charge is 0.477 e. The van der Waals surface area contributed by atoms with Gasteiger partial charge in [-0.1, -0.05) is 18.2 Å². The van der Waals surface area contributed by atoms with E-state index >= 15 is 0 Å². The lowest BCUT2D eigenvalue weighted by molar-refractivity contribution is 0.262. The molecule has 4 rings (SSSR count). The topological polar surface area (TPSA) is 78.6 Å². The van der Waals surface area contributed by atoms with Crippen molar-refractivity contribution in [2.45, 2.75) is 25.8 Å². The zero-order valence-corrected chi connectivity index (χ0v) is 14.3. The minimum atomic E-state index is -0.265. The van der Waals surface area contributed by atoms with Gasteiger partial charge in [0.15, 0.2) is 11.4 Å². The van der Waals surface area contributed by atoms with Gasteiger partial charge in [0.2, 0.25) is 5.88 Å². The molecule has 4 aromatic rings. The van der Waals surface area contributed by atoms with Gasteiger partial charge in [0.25, 0.3) is 0 Å². The summed E-state index contributed by atoms with van der Waals surface area (Å²) in [6.07, 6.45) is 2.50. The molecule has 0 aliphatic carbocycles. The highest BCUT2D eigenvalue weighted by Crippen LogP contribution is 2.28. The van der Waals surface area contributed by atoms with Gasteiger partial charge in [-0.2, -0.15) is 0 Å². The van der Waals surface area contributed by atoms with Gasteiger partial charge in [0.05, 0.1) is 12.8 Å². The number of rotatable bonds is 5. The fourth-order valence-electron chi connectivity index (χ4n) is 2.63. The highest BCUT2D eigenvalue weighted by atomic mass is 16.5. The molecule has 6 heteroatoms. The molecule has 0 spiro atoms. The van der Waals surface area contributed by atoms with Crippen molar-refractivity contribution in [1.82, 2.24) is 14.6 Å². The first kappa shape index (κ1) is 15.7. The van der Waals surface area contributed by atoms with E-state index in [1.165, 1.54) is 0 Å². The van der Waals surface area contributed by atoms with Crippen molar-refractivity contribution < 1.29 is 9.15 Å². The summed E-state index contributed by atoms with van der Waals surface area (Å²) in [7, 11) is 0. The number of aromatic nitrogens is 3. The molecule has 0 saturated carbocycles. The first-order chi connectivity index (χ1) is 12.0. The summed E-state index contributed by atoms with van der Waals surface area (Å²) in [6, 6.07) is 13.6. The molecular weight excluding hydrogens is 316 g/mol. The molecule has 3 aromatic heterocycles. The van der Waals surface area contributed by atoms with E-state index in [4.69, 9.17) is 14.9 Å². The van der Waals surface area contributed by atoms with Gasteiger partial charge in [0, 0.05) is 17.0 Å². The Kier molecular flexibility index (Phi) is 3.69. The Morgan fingerprint density at radius 3 is 2.84 bits per heavy atom. The lowest BCUT2D eigenvalue weighted by Gasteiger charge is -2.17. The average Bonchev–Trinajstić information content (AvgIpc) is 3.16. The van der Waals surface area contributed by atoms with Crippen molar-refractivity contribution in [2.75, 3.05) is 6.61 Å². The SMILES string of the molecule is CC(C)(N)CCOc1ccc2ncc(-c3cc4ccccc4o3)n2n1. The van der Waals surface area contributed by atoms with Crippen LogP contribution in [0.25, 0.3) is 28.1 Å². The standard InChI is InChI=1S/C19H20N4O2/c1-19(2,20)9-10-24-18-8-7-17-21-12-14(23(17)22-18)16-11-13-5-3-4-6-15(13)25-16/h3-8,11-12H,9-10,20H2,1-2H3. The minimum absolute atomic E-state index is 0.265. The zero-order valence-electron chi connectivity index (χ0n) is 14.3. The van der Waals surface area contributed by atoms with Gasteiger partial charge in [-0.15, -0.1) is 5.10 Å². The van der Waals surface area contributed by atoms with Gasteiger partial charge in [-0.25, -0.2) is 9.50 Å². The van der Waals surface area contributed by atoms with Crippen LogP contribution >= 0.6 is 0 Å². The smallest absolute Gasteiger partial charge is 0.231 e. The van der Waals surface area contributed by atoms with Crippen LogP contribution in [0.1, 0.15) is 20.3 Å². The number of fused-ring (bicyclic) bond motifs is 2. The maximum Gasteiger partial charge on any atom is 0.231 e. The van der Waals surface area contributed by atoms with Gasteiger partial charge in [-0.3, -0.25) is 0 Å². The number of para-hydroxylation sites is 1. The maximum atomic E-state index is 5.98. The molecule has 0 aliphatic heterocycles. The van der Waals surface area contributed by atoms with E-state index in [0.29, 0.717) is 12.5 Å². The molecule has 0 aliphatic rings. The Morgan fingerprint density at radius 1 is 1.20 bits per heavy atom. The van der Waals surface area contributed by atoms with E-state index in [1.54, 1.807) is 10.7 Å². The van der Waals surface area contributed by atoms with E-state index in [-0.39, 0.29) is 5.54 Å². The Labute approximate surface area is 145 Å². The predicted octanol–water partition coefficient (Wildman–Crippen LogP) is 3.65. The molecule has 0 saturated heterocycles. The van der Waals surface area contributed by atoms with Crippen LogP contribution in [0.5, 0.6) is 5.88 Å². The Balaban J connectivity index is 1.66. The second-order valence-electron chi connectivity index (χ2n) is 6.82. The third kappa shape index (κ3) is 3.21. The van der Waals surface area contributed by atoms with Gasteiger partial charge in [-0.05, 0) is 38.5 Å². The molecule has 0 fully saturated rings. The highest BCUT2D eigenvalue weighted by molar-refractivity contribution is 5.82. The summed E-state index contributed by atoms with van der Waals surface area (Å²) in [6.45, 7) is 4.46. The van der Waals surface area contributed by atoms with E-state index < -0.39 is 0 Å². The fourth-order valence-corrected chi connectivity index (χ4v) is 2.63. The van der Waals surface area contributed by atoms with E-state index in [9.17, 15) is 0 Å². The molecule has 0 bridgehead atoms. The molecule has 25 heavy (non-hydrogen) atoms. The van der Waals surface area contributed by atoms with Crippen molar-refractivity contribution in [2.24, 2.45) is 5.73 Å². The predicted molar refractivity (Wildman–Crippen MR) is 96.6 cm³/mol. The summed E-state index contributed by atoms with van der Waals surface area (Å²) in [4.78, 5) is 4.39. The van der Waals surface area contributed by atoms with E-state index in [0.717, 1.165) is 34.5 Å². The van der Waals surface area contributed by atoms with Crippen LogP contribution in [0, 0.1) is 0 Å². The molecule has 0 atom stereocenters. The summed E-state index contributed by atoms with van der Waals surface area (Å²) in [5.74, 6) is 1.26. The van der Waals surface area contributed by atoms with Crippen molar-refractivity contribution in [3.8, 4) is 17.3 Å². The number of ether oxygens (including phenoxy) is 1. The van der Waals surface area contributed by atoms with Crippen LogP contribution in [0.4, 0.5) is 0 Å².